The van der Waals surface area contributed by atoms with Gasteiger partial charge in [0.15, 0.2) is 0 Å². The zero-order valence-corrected chi connectivity index (χ0v) is 13.5. The molecule has 2 nitrogen and oxygen atoms in total. The molecular formula is C18H34N2. The Labute approximate surface area is 125 Å². The van der Waals surface area contributed by atoms with Gasteiger partial charge in [0.1, 0.15) is 0 Å². The van der Waals surface area contributed by atoms with E-state index >= 15 is 0 Å². The van der Waals surface area contributed by atoms with Gasteiger partial charge in [-0.1, -0.05) is 32.1 Å². The summed E-state index contributed by atoms with van der Waals surface area (Å²) in [6, 6.07) is 0.940. The van der Waals surface area contributed by atoms with Gasteiger partial charge in [-0.2, -0.15) is 0 Å². The SMILES string of the molecule is CNC1(CCN2CCCC2C2CCCC2)CCCCC1. The maximum absolute atomic E-state index is 3.70. The van der Waals surface area contributed by atoms with E-state index in [1.54, 1.807) is 0 Å². The van der Waals surface area contributed by atoms with Crippen LogP contribution >= 0.6 is 0 Å². The smallest absolute Gasteiger partial charge is 0.0190 e. The predicted octanol–water partition coefficient (Wildman–Crippen LogP) is 3.95. The van der Waals surface area contributed by atoms with Crippen LogP contribution < -0.4 is 5.32 Å². The predicted molar refractivity (Wildman–Crippen MR) is 86.0 cm³/mol. The zero-order chi connectivity index (χ0) is 13.8. The Hall–Kier alpha value is -0.0800. The van der Waals surface area contributed by atoms with Gasteiger partial charge in [-0.15, -0.1) is 0 Å². The zero-order valence-electron chi connectivity index (χ0n) is 13.5. The molecule has 2 heteroatoms. The molecule has 0 spiro atoms. The molecule has 1 N–H and O–H groups in total. The summed E-state index contributed by atoms with van der Waals surface area (Å²) < 4.78 is 0. The van der Waals surface area contributed by atoms with Crippen molar-refractivity contribution in [2.75, 3.05) is 20.1 Å². The first kappa shape index (κ1) is 14.8. The van der Waals surface area contributed by atoms with E-state index in [-0.39, 0.29) is 0 Å². The fraction of sp³-hybridized carbons (Fsp3) is 1.00. The lowest BCUT2D eigenvalue weighted by molar-refractivity contribution is 0.148. The van der Waals surface area contributed by atoms with Crippen LogP contribution in [0.3, 0.4) is 0 Å². The molecule has 1 unspecified atom stereocenters. The van der Waals surface area contributed by atoms with E-state index < -0.39 is 0 Å². The van der Waals surface area contributed by atoms with Crippen LogP contribution in [0.5, 0.6) is 0 Å². The summed E-state index contributed by atoms with van der Waals surface area (Å²) in [6.07, 6.45) is 17.5. The van der Waals surface area contributed by atoms with Crippen LogP contribution in [0.15, 0.2) is 0 Å². The van der Waals surface area contributed by atoms with Gasteiger partial charge < -0.3 is 10.2 Å². The van der Waals surface area contributed by atoms with Crippen molar-refractivity contribution >= 4 is 0 Å². The number of hydrogen-bond donors (Lipinski definition) is 1. The Morgan fingerprint density at radius 2 is 1.70 bits per heavy atom. The molecule has 0 aromatic heterocycles. The molecule has 1 atom stereocenters. The third kappa shape index (κ3) is 3.22. The Balaban J connectivity index is 1.53. The lowest BCUT2D eigenvalue weighted by Gasteiger charge is -2.39. The van der Waals surface area contributed by atoms with E-state index in [1.165, 1.54) is 90.1 Å². The van der Waals surface area contributed by atoms with Gasteiger partial charge in [0.05, 0.1) is 0 Å². The van der Waals surface area contributed by atoms with Crippen molar-refractivity contribution in [1.29, 1.82) is 0 Å². The van der Waals surface area contributed by atoms with Crippen molar-refractivity contribution in [2.45, 2.75) is 88.6 Å². The Morgan fingerprint density at radius 3 is 2.40 bits per heavy atom. The van der Waals surface area contributed by atoms with E-state index in [2.05, 4.69) is 17.3 Å². The first-order chi connectivity index (χ1) is 9.83. The van der Waals surface area contributed by atoms with E-state index in [0.29, 0.717) is 5.54 Å². The molecule has 3 aliphatic rings. The van der Waals surface area contributed by atoms with Crippen molar-refractivity contribution in [1.82, 2.24) is 10.2 Å². The fourth-order valence-electron chi connectivity index (χ4n) is 5.22. The van der Waals surface area contributed by atoms with Crippen molar-refractivity contribution in [3.05, 3.63) is 0 Å². The van der Waals surface area contributed by atoms with Gasteiger partial charge in [0.25, 0.3) is 0 Å². The summed E-state index contributed by atoms with van der Waals surface area (Å²) in [6.45, 7) is 2.73. The van der Waals surface area contributed by atoms with Crippen LogP contribution in [-0.4, -0.2) is 36.6 Å². The number of rotatable bonds is 5. The number of nitrogens with one attached hydrogen (secondary N) is 1. The van der Waals surface area contributed by atoms with E-state index in [0.717, 1.165) is 12.0 Å². The van der Waals surface area contributed by atoms with Crippen molar-refractivity contribution in [3.63, 3.8) is 0 Å². The van der Waals surface area contributed by atoms with Gasteiger partial charge in [-0.25, -0.2) is 0 Å². The van der Waals surface area contributed by atoms with E-state index in [4.69, 9.17) is 0 Å². The molecule has 0 amide bonds. The molecule has 3 fully saturated rings. The van der Waals surface area contributed by atoms with Gasteiger partial charge in [0.2, 0.25) is 0 Å². The van der Waals surface area contributed by atoms with Crippen LogP contribution in [0.2, 0.25) is 0 Å². The molecule has 1 heterocycles. The highest BCUT2D eigenvalue weighted by Crippen LogP contribution is 2.37. The molecule has 2 aliphatic carbocycles. The summed E-state index contributed by atoms with van der Waals surface area (Å²) >= 11 is 0. The van der Waals surface area contributed by atoms with Crippen LogP contribution in [-0.2, 0) is 0 Å². The van der Waals surface area contributed by atoms with E-state index in [9.17, 15) is 0 Å². The highest BCUT2D eigenvalue weighted by molar-refractivity contribution is 4.93. The van der Waals surface area contributed by atoms with Crippen molar-refractivity contribution < 1.29 is 0 Å². The molecule has 116 valence electrons. The Bertz CT molecular complexity index is 290. The summed E-state index contributed by atoms with van der Waals surface area (Å²) in [5.74, 6) is 1.04. The quantitative estimate of drug-likeness (QED) is 0.819. The lowest BCUT2D eigenvalue weighted by Crippen LogP contribution is -2.48. The Morgan fingerprint density at radius 1 is 0.950 bits per heavy atom. The van der Waals surface area contributed by atoms with Crippen LogP contribution in [0.4, 0.5) is 0 Å². The summed E-state index contributed by atoms with van der Waals surface area (Å²) in [5, 5.41) is 3.70. The first-order valence-corrected chi connectivity index (χ1v) is 9.26. The highest BCUT2D eigenvalue weighted by Gasteiger charge is 2.35. The van der Waals surface area contributed by atoms with Gasteiger partial charge in [0, 0.05) is 18.1 Å². The maximum Gasteiger partial charge on any atom is 0.0190 e. The Kier molecular flexibility index (Phi) is 5.04. The maximum atomic E-state index is 3.70. The molecule has 0 bridgehead atoms. The van der Waals surface area contributed by atoms with Gasteiger partial charge >= 0.3 is 0 Å². The topological polar surface area (TPSA) is 15.3 Å². The summed E-state index contributed by atoms with van der Waals surface area (Å²) in [7, 11) is 2.20. The molecule has 0 aromatic rings. The van der Waals surface area contributed by atoms with Crippen LogP contribution in [0.25, 0.3) is 0 Å². The minimum Gasteiger partial charge on any atom is -0.314 e. The molecule has 3 rings (SSSR count). The lowest BCUT2D eigenvalue weighted by atomic mass is 9.79. The van der Waals surface area contributed by atoms with Gasteiger partial charge in [-0.3, -0.25) is 0 Å². The van der Waals surface area contributed by atoms with Crippen molar-refractivity contribution in [2.24, 2.45) is 5.92 Å². The van der Waals surface area contributed by atoms with Crippen LogP contribution in [0.1, 0.15) is 77.0 Å². The monoisotopic (exact) mass is 278 g/mol. The first-order valence-electron chi connectivity index (χ1n) is 9.26. The number of hydrogen-bond acceptors (Lipinski definition) is 2. The fourth-order valence-corrected chi connectivity index (χ4v) is 5.22. The minimum absolute atomic E-state index is 0.473. The average molecular weight is 278 g/mol. The third-order valence-electron chi connectivity index (χ3n) is 6.58. The molecule has 20 heavy (non-hydrogen) atoms. The minimum atomic E-state index is 0.473. The largest absolute Gasteiger partial charge is 0.314 e. The van der Waals surface area contributed by atoms with Crippen LogP contribution in [0, 0.1) is 5.92 Å². The second kappa shape index (κ2) is 6.79. The molecule has 0 radical (unpaired) electrons. The molecule has 0 aromatic carbocycles. The molecule has 1 aliphatic heterocycles. The number of nitrogens with zero attached hydrogens (tertiary/aromatic N) is 1. The summed E-state index contributed by atoms with van der Waals surface area (Å²) in [5.41, 5.74) is 0.473. The normalized spacial score (nSPS) is 31.9. The second-order valence-corrected chi connectivity index (χ2v) is 7.63. The second-order valence-electron chi connectivity index (χ2n) is 7.63. The number of likely N-dealkylation sites (tertiary alicyclic amines) is 1. The summed E-state index contributed by atoms with van der Waals surface area (Å²) in [4.78, 5) is 2.86. The average Bonchev–Trinajstić information content (AvgIpc) is 3.16. The highest BCUT2D eigenvalue weighted by atomic mass is 15.2. The standard InChI is InChI=1S/C18H34N2/c1-19-18(11-5-2-6-12-18)13-15-20-14-7-10-17(20)16-8-3-4-9-16/h16-17,19H,2-15H2,1H3. The molecule has 2 saturated carbocycles. The molecule has 1 saturated heterocycles. The van der Waals surface area contributed by atoms with Crippen molar-refractivity contribution in [3.8, 4) is 0 Å². The third-order valence-corrected chi connectivity index (χ3v) is 6.58. The van der Waals surface area contributed by atoms with Gasteiger partial charge in [-0.05, 0) is 64.5 Å². The van der Waals surface area contributed by atoms with E-state index in [1.807, 2.05) is 0 Å². The molecular weight excluding hydrogens is 244 g/mol.